The molecule has 7 heteroatoms. The minimum absolute atomic E-state index is 0.458. The maximum Gasteiger partial charge on any atom is 0.335 e. The van der Waals surface area contributed by atoms with Gasteiger partial charge in [0.05, 0.1) is 5.69 Å². The Morgan fingerprint density at radius 1 is 0.466 bits per heavy atom. The lowest BCUT2D eigenvalue weighted by atomic mass is 10.0. The van der Waals surface area contributed by atoms with E-state index in [0.29, 0.717) is 11.5 Å². The molecule has 7 aromatic rings. The van der Waals surface area contributed by atoms with Crippen LogP contribution in [0.1, 0.15) is 6.92 Å². The lowest BCUT2D eigenvalue weighted by Crippen LogP contribution is -2.19. The van der Waals surface area contributed by atoms with Crippen molar-refractivity contribution in [2.24, 2.45) is 0 Å². The maximum absolute atomic E-state index is 11.7. The first-order valence-electron chi connectivity index (χ1n) is 19.0. The SMILES string of the molecule is C=CC(=O)Oc1ccc(-c2ccc(N(c3ccc(-c4ccc(OC(=O)C=C)cc4)cc3)c3cc(N(C)c4ccccc4)cc(N(CC)c4ccccc4)c3)cc2)cc1. The third-order valence-corrected chi connectivity index (χ3v) is 9.77. The van der Waals surface area contributed by atoms with Crippen molar-refractivity contribution < 1.29 is 19.1 Å². The second-order valence-electron chi connectivity index (χ2n) is 13.4. The summed E-state index contributed by atoms with van der Waals surface area (Å²) in [4.78, 5) is 30.3. The normalized spacial score (nSPS) is 10.6. The third kappa shape index (κ3) is 8.91. The van der Waals surface area contributed by atoms with Gasteiger partial charge in [0.2, 0.25) is 0 Å². The summed E-state index contributed by atoms with van der Waals surface area (Å²) in [6.07, 6.45) is 2.29. The summed E-state index contributed by atoms with van der Waals surface area (Å²) >= 11 is 0. The van der Waals surface area contributed by atoms with Crippen molar-refractivity contribution in [2.45, 2.75) is 6.92 Å². The van der Waals surface area contributed by atoms with Crippen LogP contribution in [-0.2, 0) is 9.59 Å². The average molecular weight is 762 g/mol. The zero-order valence-corrected chi connectivity index (χ0v) is 32.5. The molecule has 0 radical (unpaired) electrons. The van der Waals surface area contributed by atoms with E-state index in [-0.39, 0.29) is 0 Å². The van der Waals surface area contributed by atoms with Gasteiger partial charge in [0, 0.05) is 59.9 Å². The van der Waals surface area contributed by atoms with Crippen molar-refractivity contribution in [3.63, 3.8) is 0 Å². The number of carbonyl (C=O) groups is 2. The fourth-order valence-electron chi connectivity index (χ4n) is 6.78. The number of nitrogens with zero attached hydrogens (tertiary/aromatic N) is 3. The van der Waals surface area contributed by atoms with Crippen molar-refractivity contribution in [3.05, 3.63) is 201 Å². The molecule has 0 spiro atoms. The van der Waals surface area contributed by atoms with Crippen LogP contribution >= 0.6 is 0 Å². The Labute approximate surface area is 340 Å². The minimum atomic E-state index is -0.498. The summed E-state index contributed by atoms with van der Waals surface area (Å²) in [5.74, 6) is -0.0788. The van der Waals surface area contributed by atoms with Crippen molar-refractivity contribution in [3.8, 4) is 33.8 Å². The molecule has 0 N–H and O–H groups in total. The lowest BCUT2D eigenvalue weighted by Gasteiger charge is -2.31. The van der Waals surface area contributed by atoms with E-state index in [4.69, 9.17) is 9.47 Å². The van der Waals surface area contributed by atoms with Gasteiger partial charge in [0.1, 0.15) is 11.5 Å². The van der Waals surface area contributed by atoms with Crippen LogP contribution in [0.4, 0.5) is 39.8 Å². The Balaban J connectivity index is 1.32. The van der Waals surface area contributed by atoms with Gasteiger partial charge >= 0.3 is 11.9 Å². The molecule has 0 atom stereocenters. The summed E-state index contributed by atoms with van der Waals surface area (Å²) in [5, 5.41) is 0. The molecule has 7 rings (SSSR count). The fourth-order valence-corrected chi connectivity index (χ4v) is 6.78. The highest BCUT2D eigenvalue weighted by molar-refractivity contribution is 5.86. The average Bonchev–Trinajstić information content (AvgIpc) is 3.28. The van der Waals surface area contributed by atoms with Crippen molar-refractivity contribution >= 4 is 51.8 Å². The van der Waals surface area contributed by atoms with Crippen LogP contribution in [-0.4, -0.2) is 25.5 Å². The Bertz CT molecular complexity index is 2390. The summed E-state index contributed by atoms with van der Waals surface area (Å²) in [7, 11) is 2.10. The van der Waals surface area contributed by atoms with Crippen LogP contribution < -0.4 is 24.2 Å². The van der Waals surface area contributed by atoms with Crippen molar-refractivity contribution in [1.29, 1.82) is 0 Å². The highest BCUT2D eigenvalue weighted by atomic mass is 16.5. The molecular formula is C51H43N3O4. The molecule has 58 heavy (non-hydrogen) atoms. The Hall–Kier alpha value is -7.64. The van der Waals surface area contributed by atoms with Gasteiger partial charge in [-0.15, -0.1) is 0 Å². The Kier molecular flexibility index (Phi) is 11.9. The molecule has 0 aliphatic heterocycles. The van der Waals surface area contributed by atoms with Crippen molar-refractivity contribution in [2.75, 3.05) is 28.3 Å². The largest absolute Gasteiger partial charge is 0.423 e. The quantitative estimate of drug-likeness (QED) is 0.0621. The van der Waals surface area contributed by atoms with E-state index in [2.05, 4.69) is 157 Å². The molecule has 0 aliphatic carbocycles. The molecule has 0 bridgehead atoms. The van der Waals surface area contributed by atoms with Gasteiger partial charge in [0.15, 0.2) is 0 Å². The molecule has 0 unspecified atom stereocenters. The van der Waals surface area contributed by atoms with E-state index in [1.807, 2.05) is 36.4 Å². The van der Waals surface area contributed by atoms with Gasteiger partial charge in [-0.3, -0.25) is 0 Å². The number of hydrogen-bond donors (Lipinski definition) is 0. The highest BCUT2D eigenvalue weighted by Crippen LogP contribution is 2.42. The fraction of sp³-hybridized carbons (Fsp3) is 0.0588. The second kappa shape index (κ2) is 17.9. The lowest BCUT2D eigenvalue weighted by molar-refractivity contribution is -0.129. The predicted octanol–water partition coefficient (Wildman–Crippen LogP) is 12.6. The number of carbonyl (C=O) groups excluding carboxylic acids is 2. The minimum Gasteiger partial charge on any atom is -0.423 e. The van der Waals surface area contributed by atoms with E-state index < -0.39 is 11.9 Å². The molecule has 0 saturated carbocycles. The summed E-state index contributed by atoms with van der Waals surface area (Å²) in [6.45, 7) is 9.89. The molecule has 0 heterocycles. The summed E-state index contributed by atoms with van der Waals surface area (Å²) in [6, 6.07) is 59.3. The molecule has 7 aromatic carbocycles. The van der Waals surface area contributed by atoms with E-state index in [9.17, 15) is 9.59 Å². The zero-order valence-electron chi connectivity index (χ0n) is 32.5. The van der Waals surface area contributed by atoms with Crippen LogP contribution in [0.5, 0.6) is 11.5 Å². The van der Waals surface area contributed by atoms with Crippen LogP contribution in [0.25, 0.3) is 22.3 Å². The standard InChI is InChI=1S/C51H43N3O4/c1-5-50(55)57-48-30-22-39(23-31-48)37-18-26-43(27-19-37)54(44-28-20-38(21-29-44)40-24-32-49(33-25-40)58-51(56)6-2)47-35-45(52(4)41-14-10-8-11-15-41)34-46(36-47)53(7-3)42-16-12-9-13-17-42/h5-6,8-36H,1-2,7H2,3-4H3. The smallest absolute Gasteiger partial charge is 0.335 e. The number of esters is 2. The molecule has 286 valence electrons. The first-order chi connectivity index (χ1) is 28.3. The second-order valence-corrected chi connectivity index (χ2v) is 13.4. The van der Waals surface area contributed by atoms with E-state index >= 15 is 0 Å². The predicted molar refractivity (Wildman–Crippen MR) is 237 cm³/mol. The zero-order chi connectivity index (χ0) is 40.4. The Morgan fingerprint density at radius 3 is 1.26 bits per heavy atom. The number of para-hydroxylation sites is 2. The van der Waals surface area contributed by atoms with Crippen LogP contribution in [0.3, 0.4) is 0 Å². The molecule has 0 aliphatic rings. The topological polar surface area (TPSA) is 62.3 Å². The van der Waals surface area contributed by atoms with E-state index in [0.717, 1.165) is 80.8 Å². The first-order valence-corrected chi connectivity index (χ1v) is 19.0. The van der Waals surface area contributed by atoms with E-state index in [1.165, 1.54) is 0 Å². The van der Waals surface area contributed by atoms with E-state index in [1.54, 1.807) is 24.3 Å². The van der Waals surface area contributed by atoms with Gasteiger partial charge in [0.25, 0.3) is 0 Å². The first kappa shape index (κ1) is 38.6. The molecule has 0 saturated heterocycles. The van der Waals surface area contributed by atoms with Gasteiger partial charge in [-0.2, -0.15) is 0 Å². The van der Waals surface area contributed by atoms with Gasteiger partial charge in [-0.1, -0.05) is 98.1 Å². The van der Waals surface area contributed by atoms with Crippen LogP contribution in [0, 0.1) is 0 Å². The number of ether oxygens (including phenoxy) is 2. The molecular weight excluding hydrogens is 719 g/mol. The summed E-state index contributed by atoms with van der Waals surface area (Å²) in [5.41, 5.74) is 11.2. The Morgan fingerprint density at radius 2 is 0.845 bits per heavy atom. The number of benzene rings is 7. The number of anilines is 7. The third-order valence-electron chi connectivity index (χ3n) is 9.77. The van der Waals surface area contributed by atoms with Crippen molar-refractivity contribution in [1.82, 2.24) is 0 Å². The summed E-state index contributed by atoms with van der Waals surface area (Å²) < 4.78 is 10.6. The highest BCUT2D eigenvalue weighted by Gasteiger charge is 2.19. The molecule has 0 fully saturated rings. The molecule has 0 aromatic heterocycles. The van der Waals surface area contributed by atoms with Gasteiger partial charge in [-0.25, -0.2) is 9.59 Å². The molecule has 7 nitrogen and oxygen atoms in total. The number of hydrogen-bond acceptors (Lipinski definition) is 7. The van der Waals surface area contributed by atoms with Gasteiger partial charge in [-0.05, 0) is 120 Å². The van der Waals surface area contributed by atoms with Gasteiger partial charge < -0.3 is 24.2 Å². The number of rotatable bonds is 14. The van der Waals surface area contributed by atoms with Crippen LogP contribution in [0.2, 0.25) is 0 Å². The molecule has 0 amide bonds. The monoisotopic (exact) mass is 761 g/mol. The maximum atomic E-state index is 11.7. The van der Waals surface area contributed by atoms with Crippen LogP contribution in [0.15, 0.2) is 201 Å².